The van der Waals surface area contributed by atoms with Crippen molar-refractivity contribution in [3.05, 3.63) is 82.9 Å². The molecule has 0 unspecified atom stereocenters. The highest BCUT2D eigenvalue weighted by atomic mass is 16.2. The normalized spacial score (nSPS) is 10.6. The molecule has 3 N–H and O–H groups in total. The van der Waals surface area contributed by atoms with Gasteiger partial charge in [0.1, 0.15) is 5.69 Å². The van der Waals surface area contributed by atoms with Crippen LogP contribution in [0.5, 0.6) is 0 Å². The number of benzene rings is 2. The van der Waals surface area contributed by atoms with E-state index in [1.54, 1.807) is 30.3 Å². The molecule has 2 aromatic carbocycles. The summed E-state index contributed by atoms with van der Waals surface area (Å²) in [5, 5.41) is 12.1. The third-order valence-electron chi connectivity index (χ3n) is 3.86. The van der Waals surface area contributed by atoms with Gasteiger partial charge >= 0.3 is 5.69 Å². The largest absolute Gasteiger partial charge is 0.365 e. The summed E-state index contributed by atoms with van der Waals surface area (Å²) in [7, 11) is 0. The predicted octanol–water partition coefficient (Wildman–Crippen LogP) is 2.20. The van der Waals surface area contributed by atoms with Crippen molar-refractivity contribution in [2.75, 3.05) is 5.32 Å². The number of nitrogens with zero attached hydrogens (tertiary/aromatic N) is 3. The Balaban J connectivity index is 1.49. The molecule has 128 valence electrons. The van der Waals surface area contributed by atoms with E-state index >= 15 is 0 Å². The SMILES string of the molecule is O=C(Nc1ccc(-n2nn[nH]c2=O)cc1)c1ccc(-c2ccccc2)[nH]1. The van der Waals surface area contributed by atoms with E-state index in [4.69, 9.17) is 0 Å². The van der Waals surface area contributed by atoms with Crippen LogP contribution in [-0.4, -0.2) is 31.1 Å². The van der Waals surface area contributed by atoms with Gasteiger partial charge in [-0.05, 0) is 52.4 Å². The summed E-state index contributed by atoms with van der Waals surface area (Å²) in [5.74, 6) is -0.251. The van der Waals surface area contributed by atoms with Crippen LogP contribution < -0.4 is 11.0 Å². The van der Waals surface area contributed by atoms with Gasteiger partial charge in [0.2, 0.25) is 0 Å². The van der Waals surface area contributed by atoms with E-state index in [2.05, 4.69) is 25.8 Å². The molecule has 0 atom stereocenters. The van der Waals surface area contributed by atoms with Crippen LogP contribution in [0.25, 0.3) is 16.9 Å². The number of H-pyrrole nitrogens is 2. The maximum atomic E-state index is 12.4. The van der Waals surface area contributed by atoms with Gasteiger partial charge in [-0.1, -0.05) is 30.3 Å². The molecule has 0 saturated heterocycles. The first-order chi connectivity index (χ1) is 12.7. The zero-order chi connectivity index (χ0) is 17.9. The Kier molecular flexibility index (Phi) is 3.91. The first-order valence-electron chi connectivity index (χ1n) is 7.87. The zero-order valence-electron chi connectivity index (χ0n) is 13.5. The molecular formula is C18H14N6O2. The number of nitrogens with one attached hydrogen (secondary N) is 3. The van der Waals surface area contributed by atoms with Gasteiger partial charge in [-0.2, -0.15) is 4.68 Å². The van der Waals surface area contributed by atoms with E-state index < -0.39 is 5.69 Å². The Morgan fingerprint density at radius 3 is 2.42 bits per heavy atom. The highest BCUT2D eigenvalue weighted by Crippen LogP contribution is 2.19. The van der Waals surface area contributed by atoms with Crippen LogP contribution in [0.3, 0.4) is 0 Å². The average molecular weight is 346 g/mol. The summed E-state index contributed by atoms with van der Waals surface area (Å²) in [6.07, 6.45) is 0. The van der Waals surface area contributed by atoms with Gasteiger partial charge in [-0.15, -0.1) is 0 Å². The van der Waals surface area contributed by atoms with E-state index in [0.29, 0.717) is 17.1 Å². The summed E-state index contributed by atoms with van der Waals surface area (Å²) in [5.41, 5.74) is 3.06. The molecule has 0 spiro atoms. The van der Waals surface area contributed by atoms with E-state index in [1.807, 2.05) is 36.4 Å². The third-order valence-corrected chi connectivity index (χ3v) is 3.86. The molecule has 2 heterocycles. The molecule has 26 heavy (non-hydrogen) atoms. The van der Waals surface area contributed by atoms with Gasteiger partial charge in [-0.25, -0.2) is 9.89 Å². The number of aromatic nitrogens is 5. The molecule has 4 aromatic rings. The van der Waals surface area contributed by atoms with Crippen LogP contribution in [-0.2, 0) is 0 Å². The molecule has 0 aliphatic heterocycles. The summed E-state index contributed by atoms with van der Waals surface area (Å²) < 4.78 is 1.13. The minimum Gasteiger partial charge on any atom is -0.351 e. The van der Waals surface area contributed by atoms with Crippen molar-refractivity contribution in [3.8, 4) is 16.9 Å². The van der Waals surface area contributed by atoms with Gasteiger partial charge in [0, 0.05) is 11.4 Å². The van der Waals surface area contributed by atoms with Crippen molar-refractivity contribution in [2.24, 2.45) is 0 Å². The molecule has 0 aliphatic rings. The molecule has 8 nitrogen and oxygen atoms in total. The fourth-order valence-corrected chi connectivity index (χ4v) is 2.56. The third kappa shape index (κ3) is 3.03. The van der Waals surface area contributed by atoms with Crippen LogP contribution in [0, 0.1) is 0 Å². The maximum Gasteiger partial charge on any atom is 0.365 e. The summed E-state index contributed by atoms with van der Waals surface area (Å²) >= 11 is 0. The lowest BCUT2D eigenvalue weighted by Crippen LogP contribution is -2.16. The number of amides is 1. The lowest BCUT2D eigenvalue weighted by molar-refractivity contribution is 0.102. The van der Waals surface area contributed by atoms with Crippen molar-refractivity contribution in [1.29, 1.82) is 0 Å². The quantitative estimate of drug-likeness (QED) is 0.526. The summed E-state index contributed by atoms with van der Waals surface area (Å²) in [4.78, 5) is 27.0. The Hall–Kier alpha value is -3.94. The predicted molar refractivity (Wildman–Crippen MR) is 96.2 cm³/mol. The van der Waals surface area contributed by atoms with Gasteiger partial charge in [0.05, 0.1) is 5.69 Å². The molecule has 1 amide bonds. The molecule has 4 rings (SSSR count). The molecule has 0 bridgehead atoms. The van der Waals surface area contributed by atoms with E-state index in [0.717, 1.165) is 15.9 Å². The molecule has 8 heteroatoms. The van der Waals surface area contributed by atoms with Gasteiger partial charge < -0.3 is 10.3 Å². The fourth-order valence-electron chi connectivity index (χ4n) is 2.56. The van der Waals surface area contributed by atoms with Crippen molar-refractivity contribution in [3.63, 3.8) is 0 Å². The van der Waals surface area contributed by atoms with Gasteiger partial charge in [0.25, 0.3) is 5.91 Å². The minimum absolute atomic E-state index is 0.251. The Morgan fingerprint density at radius 1 is 0.962 bits per heavy atom. The van der Waals surface area contributed by atoms with Crippen molar-refractivity contribution < 1.29 is 4.79 Å². The van der Waals surface area contributed by atoms with Crippen molar-refractivity contribution in [2.45, 2.75) is 0 Å². The van der Waals surface area contributed by atoms with Crippen LogP contribution in [0.15, 0.2) is 71.5 Å². The zero-order valence-corrected chi connectivity index (χ0v) is 13.5. The molecular weight excluding hydrogens is 332 g/mol. The smallest absolute Gasteiger partial charge is 0.351 e. The van der Waals surface area contributed by atoms with Gasteiger partial charge in [0.15, 0.2) is 0 Å². The topological polar surface area (TPSA) is 108 Å². The monoisotopic (exact) mass is 346 g/mol. The second kappa shape index (κ2) is 6.52. The van der Waals surface area contributed by atoms with Crippen LogP contribution >= 0.6 is 0 Å². The van der Waals surface area contributed by atoms with Crippen LogP contribution in [0.2, 0.25) is 0 Å². The number of carbonyl (C=O) groups excluding carboxylic acids is 1. The molecule has 0 fully saturated rings. The molecule has 0 radical (unpaired) electrons. The first kappa shape index (κ1) is 15.6. The van der Waals surface area contributed by atoms with E-state index in [1.165, 1.54) is 0 Å². The second-order valence-corrected chi connectivity index (χ2v) is 5.57. The molecule has 0 aliphatic carbocycles. The minimum atomic E-state index is -0.429. The van der Waals surface area contributed by atoms with E-state index in [-0.39, 0.29) is 5.91 Å². The Bertz CT molecular complexity index is 1090. The standard InChI is InChI=1S/C18H14N6O2/c25-17(16-11-10-15(20-16)12-4-2-1-3-5-12)19-13-6-8-14(9-7-13)24-18(26)21-22-23-24/h1-11,20H,(H,19,25)(H,21,23,26). The highest BCUT2D eigenvalue weighted by molar-refractivity contribution is 6.03. The molecule has 0 saturated carbocycles. The highest BCUT2D eigenvalue weighted by Gasteiger charge is 2.10. The molecule has 2 aromatic heterocycles. The fraction of sp³-hybridized carbons (Fsp3) is 0. The lowest BCUT2D eigenvalue weighted by Gasteiger charge is -2.05. The van der Waals surface area contributed by atoms with Crippen LogP contribution in [0.1, 0.15) is 10.5 Å². The first-order valence-corrected chi connectivity index (χ1v) is 7.87. The lowest BCUT2D eigenvalue weighted by atomic mass is 10.2. The Labute approximate surface area is 147 Å². The number of carbonyl (C=O) groups is 1. The second-order valence-electron chi connectivity index (χ2n) is 5.57. The number of anilines is 1. The van der Waals surface area contributed by atoms with Crippen molar-refractivity contribution >= 4 is 11.6 Å². The maximum absolute atomic E-state index is 12.4. The average Bonchev–Trinajstić information content (AvgIpc) is 3.32. The van der Waals surface area contributed by atoms with Crippen molar-refractivity contribution in [1.82, 2.24) is 25.2 Å². The number of aromatic amines is 2. The summed E-state index contributed by atoms with van der Waals surface area (Å²) in [6, 6.07) is 20.1. The van der Waals surface area contributed by atoms with Crippen LogP contribution in [0.4, 0.5) is 5.69 Å². The number of hydrogen-bond acceptors (Lipinski definition) is 4. The number of tetrazole rings is 1. The summed E-state index contributed by atoms with van der Waals surface area (Å²) in [6.45, 7) is 0. The number of rotatable bonds is 4. The van der Waals surface area contributed by atoms with Gasteiger partial charge in [-0.3, -0.25) is 4.79 Å². The number of hydrogen-bond donors (Lipinski definition) is 3. The van der Waals surface area contributed by atoms with E-state index in [9.17, 15) is 9.59 Å². The Morgan fingerprint density at radius 2 is 1.73 bits per heavy atom.